The van der Waals surface area contributed by atoms with Gasteiger partial charge in [0.2, 0.25) is 0 Å². The number of aromatic nitrogens is 1. The molecule has 370 valence electrons. The monoisotopic (exact) mass is 919 g/mol. The fourth-order valence-electron chi connectivity index (χ4n) is 11.2. The number of hydrogen-bond donors (Lipinski definition) is 5. The molecule has 5 aliphatic rings. The molecule has 67 heavy (non-hydrogen) atoms. The molecule has 9 nitrogen and oxygen atoms in total. The molecule has 2 fully saturated rings. The highest BCUT2D eigenvalue weighted by Gasteiger charge is 2.65. The number of nitrogens with zero attached hydrogens (tertiary/aromatic N) is 1. The number of piperidine rings is 1. The van der Waals surface area contributed by atoms with Gasteiger partial charge in [0.25, 0.3) is 0 Å². The molecule has 4 aromatic carbocycles. The summed E-state index contributed by atoms with van der Waals surface area (Å²) in [6.07, 6.45) is 20.0. The van der Waals surface area contributed by atoms with Gasteiger partial charge in [-0.25, -0.2) is 0 Å². The summed E-state index contributed by atoms with van der Waals surface area (Å²) in [5.41, 5.74) is 16.4. The third kappa shape index (κ3) is 13.7. The SMILES string of the molecule is C.C.CCCCCNCCCCCCNCCCCCNCc1ccccc1.Cc1ccccc1N.O.O.c1cc2c3c(c1)O[C@@H]1c4[nH]c5ccccc5c4CC4C(C2)N(CC2CC2)CC[C@@]341. The van der Waals surface area contributed by atoms with Gasteiger partial charge in [-0.2, -0.15) is 0 Å². The Hall–Kier alpha value is -4.22. The van der Waals surface area contributed by atoms with Crippen molar-refractivity contribution >= 4 is 16.6 Å². The Morgan fingerprint density at radius 1 is 0.701 bits per heavy atom. The number of unbranched alkanes of at least 4 members (excludes halogenated alkanes) is 7. The number of nitrogens with two attached hydrogens (primary N) is 1. The Balaban J connectivity index is 0.000000240. The molecule has 9 heteroatoms. The Labute approximate surface area is 405 Å². The number of ether oxygens (including phenoxy) is 1. The molecule has 3 heterocycles. The summed E-state index contributed by atoms with van der Waals surface area (Å²) in [5.74, 6) is 2.79. The van der Waals surface area contributed by atoms with E-state index in [1.165, 1.54) is 163 Å². The summed E-state index contributed by atoms with van der Waals surface area (Å²) in [6.45, 7) is 13.7. The van der Waals surface area contributed by atoms with Gasteiger partial charge in [-0.05, 0) is 163 Å². The molecule has 10 rings (SSSR count). The lowest BCUT2D eigenvalue weighted by Crippen LogP contribution is -2.63. The van der Waals surface area contributed by atoms with Gasteiger partial charge in [-0.1, -0.05) is 133 Å². The van der Waals surface area contributed by atoms with Gasteiger partial charge in [-0.3, -0.25) is 4.90 Å². The first kappa shape index (κ1) is 55.4. The first-order valence-corrected chi connectivity index (χ1v) is 25.2. The zero-order valence-electron chi connectivity index (χ0n) is 39.7. The van der Waals surface area contributed by atoms with Crippen LogP contribution in [0.3, 0.4) is 0 Å². The van der Waals surface area contributed by atoms with Gasteiger partial charge < -0.3 is 42.4 Å². The predicted molar refractivity (Wildman–Crippen MR) is 285 cm³/mol. The minimum atomic E-state index is 0. The van der Waals surface area contributed by atoms with E-state index < -0.39 is 0 Å². The second kappa shape index (κ2) is 27.7. The average molecular weight is 919 g/mol. The van der Waals surface area contributed by atoms with Crippen molar-refractivity contribution in [2.75, 3.05) is 51.5 Å². The molecule has 1 saturated heterocycles. The molecule has 5 aromatic rings. The number of aryl methyl sites for hydroxylation is 1. The first-order chi connectivity index (χ1) is 31.1. The fraction of sp³-hybridized carbons (Fsp3) is 0.552. The van der Waals surface area contributed by atoms with Crippen LogP contribution in [0.25, 0.3) is 10.9 Å². The van der Waals surface area contributed by atoms with Crippen LogP contribution in [0.15, 0.2) is 97.1 Å². The maximum absolute atomic E-state index is 6.81. The number of benzene rings is 4. The summed E-state index contributed by atoms with van der Waals surface area (Å²) in [4.78, 5) is 6.67. The van der Waals surface area contributed by atoms with Crippen molar-refractivity contribution in [3.63, 3.8) is 0 Å². The number of nitrogen functional groups attached to an aromatic ring is 1. The van der Waals surface area contributed by atoms with Crippen molar-refractivity contribution < 1.29 is 15.7 Å². The zero-order valence-corrected chi connectivity index (χ0v) is 39.7. The van der Waals surface area contributed by atoms with E-state index in [0.29, 0.717) is 12.0 Å². The maximum atomic E-state index is 6.81. The van der Waals surface area contributed by atoms with E-state index in [2.05, 4.69) is 106 Å². The van der Waals surface area contributed by atoms with Crippen LogP contribution in [-0.2, 0) is 24.8 Å². The summed E-state index contributed by atoms with van der Waals surface area (Å²) < 4.78 is 6.81. The van der Waals surface area contributed by atoms with Crippen molar-refractivity contribution in [1.82, 2.24) is 25.8 Å². The second-order valence-corrected chi connectivity index (χ2v) is 19.4. The molecule has 3 aliphatic carbocycles. The summed E-state index contributed by atoms with van der Waals surface area (Å²) in [6, 6.07) is 34.8. The quantitative estimate of drug-likeness (QED) is 0.0365. The summed E-state index contributed by atoms with van der Waals surface area (Å²) in [5, 5.41) is 12.1. The van der Waals surface area contributed by atoms with Crippen LogP contribution >= 0.6 is 0 Å². The highest BCUT2D eigenvalue weighted by Crippen LogP contribution is 2.66. The van der Waals surface area contributed by atoms with E-state index in [4.69, 9.17) is 10.5 Å². The van der Waals surface area contributed by atoms with E-state index in [-0.39, 0.29) is 37.3 Å². The lowest BCUT2D eigenvalue weighted by molar-refractivity contribution is -0.0369. The normalized spacial score (nSPS) is 20.1. The van der Waals surface area contributed by atoms with Gasteiger partial charge >= 0.3 is 0 Å². The first-order valence-electron chi connectivity index (χ1n) is 25.2. The van der Waals surface area contributed by atoms with Crippen molar-refractivity contribution in [3.05, 3.63) is 131 Å². The molecule has 1 aromatic heterocycles. The van der Waals surface area contributed by atoms with Gasteiger partial charge in [0, 0.05) is 46.7 Å². The molecule has 1 spiro atoms. The Bertz CT molecular complexity index is 2130. The summed E-state index contributed by atoms with van der Waals surface area (Å²) >= 11 is 0. The average Bonchev–Trinajstić information content (AvgIpc) is 3.96. The van der Waals surface area contributed by atoms with E-state index in [9.17, 15) is 0 Å². The van der Waals surface area contributed by atoms with Crippen LogP contribution in [-0.4, -0.2) is 72.7 Å². The van der Waals surface area contributed by atoms with Gasteiger partial charge in [-0.15, -0.1) is 0 Å². The topological polar surface area (TPSA) is 153 Å². The maximum Gasteiger partial charge on any atom is 0.149 e. The number of nitrogens with one attached hydrogen (secondary N) is 4. The van der Waals surface area contributed by atoms with Crippen molar-refractivity contribution in [2.45, 2.75) is 149 Å². The van der Waals surface area contributed by atoms with Crippen molar-refractivity contribution in [2.24, 2.45) is 11.8 Å². The Kier molecular flexibility index (Phi) is 22.9. The fourth-order valence-corrected chi connectivity index (χ4v) is 11.2. The summed E-state index contributed by atoms with van der Waals surface area (Å²) in [7, 11) is 0. The number of anilines is 1. The standard InChI is InChI=1S/C26H26N2O.C23H43N3.C7H9N.2CH4.2H2O/c1-2-6-20-17(5-1)18-13-19-21-12-16-4-3-7-22-23(16)26(19,25(29-22)24(18)27-20)10-11-28(21)14-15-8-9-15;1-2-3-10-17-24-18-11-4-5-12-19-25-20-13-7-14-21-26-22-23-15-8-6-9-16-23;1-6-4-2-3-5-7(6)8;;;;/h1-7,15,19,21,25,27H,8-14H2;6,8-9,15-16,24-26H,2-5,7,10-14,17-22H2,1H3;2-5H,8H2,1H3;2*1H4;2*1H2/t19?,21?,25-,26+;;;;;;/m1....../s1. The third-order valence-corrected chi connectivity index (χ3v) is 14.8. The van der Waals surface area contributed by atoms with Crippen molar-refractivity contribution in [1.29, 1.82) is 0 Å². The van der Waals surface area contributed by atoms with Crippen LogP contribution in [0.1, 0.15) is 145 Å². The molecule has 4 atom stereocenters. The molecule has 10 N–H and O–H groups in total. The third-order valence-electron chi connectivity index (χ3n) is 14.8. The molecule has 0 radical (unpaired) electrons. The highest BCUT2D eigenvalue weighted by atomic mass is 16.5. The van der Waals surface area contributed by atoms with Crippen LogP contribution < -0.4 is 26.4 Å². The van der Waals surface area contributed by atoms with Gasteiger partial charge in [0.1, 0.15) is 11.9 Å². The molecule has 0 amide bonds. The lowest BCUT2D eigenvalue weighted by Gasteiger charge is -2.58. The highest BCUT2D eigenvalue weighted by molar-refractivity contribution is 5.85. The predicted octanol–water partition coefficient (Wildman–Crippen LogP) is 10.8. The molecule has 2 aliphatic heterocycles. The van der Waals surface area contributed by atoms with Crippen LogP contribution in [0.5, 0.6) is 5.75 Å². The minimum absolute atomic E-state index is 0. The molecule has 2 bridgehead atoms. The smallest absolute Gasteiger partial charge is 0.149 e. The zero-order chi connectivity index (χ0) is 43.3. The number of hydrogen-bond acceptors (Lipinski definition) is 6. The number of rotatable bonds is 21. The number of H-pyrrole nitrogens is 1. The molecule has 2 unspecified atom stereocenters. The molecule has 1 saturated carbocycles. The van der Waals surface area contributed by atoms with Gasteiger partial charge in [0.15, 0.2) is 0 Å². The van der Waals surface area contributed by atoms with Crippen LogP contribution in [0, 0.1) is 18.8 Å². The Morgan fingerprint density at radius 2 is 1.33 bits per heavy atom. The minimum Gasteiger partial charge on any atom is -0.483 e. The second-order valence-electron chi connectivity index (χ2n) is 19.4. The van der Waals surface area contributed by atoms with Crippen LogP contribution in [0.4, 0.5) is 5.69 Å². The van der Waals surface area contributed by atoms with Crippen molar-refractivity contribution in [3.8, 4) is 5.75 Å². The van der Waals surface area contributed by atoms with E-state index in [1.807, 2.05) is 31.2 Å². The molecular formula is C58H90N6O3. The number of fused-ring (bicyclic) bond motifs is 4. The largest absolute Gasteiger partial charge is 0.483 e. The van der Waals surface area contributed by atoms with E-state index in [0.717, 1.165) is 36.0 Å². The molecular weight excluding hydrogens is 829 g/mol. The number of likely N-dealkylation sites (tertiary alicyclic amines) is 1. The van der Waals surface area contributed by atoms with Gasteiger partial charge in [0.05, 0.1) is 5.69 Å². The van der Waals surface area contributed by atoms with E-state index >= 15 is 0 Å². The number of para-hydroxylation sites is 2. The van der Waals surface area contributed by atoms with Crippen LogP contribution in [0.2, 0.25) is 0 Å². The lowest BCUT2D eigenvalue weighted by atomic mass is 9.51. The number of aromatic amines is 1. The Morgan fingerprint density at radius 3 is 1.99 bits per heavy atom. The van der Waals surface area contributed by atoms with E-state index in [1.54, 1.807) is 11.1 Å².